The summed E-state index contributed by atoms with van der Waals surface area (Å²) in [5, 5.41) is 11.6. The van der Waals surface area contributed by atoms with Gasteiger partial charge in [-0.2, -0.15) is 5.26 Å². The highest BCUT2D eigenvalue weighted by Crippen LogP contribution is 2.23. The zero-order chi connectivity index (χ0) is 17.7. The standard InChI is InChI=1S/C20H19FN2O/c1-20(2,3)16-10-8-14(9-11-16)12-15(13-22)19(24)23-18-7-5-4-6-17(18)21/h4-12H,1-3H3,(H,23,24). The molecule has 0 bridgehead atoms. The largest absolute Gasteiger partial charge is 0.319 e. The van der Waals surface area contributed by atoms with E-state index in [9.17, 15) is 14.4 Å². The maximum absolute atomic E-state index is 13.6. The van der Waals surface area contributed by atoms with Crippen molar-refractivity contribution in [2.75, 3.05) is 5.32 Å². The van der Waals surface area contributed by atoms with Crippen LogP contribution in [0.15, 0.2) is 54.1 Å². The minimum absolute atomic E-state index is 0.0303. The topological polar surface area (TPSA) is 52.9 Å². The second-order valence-electron chi connectivity index (χ2n) is 6.48. The van der Waals surface area contributed by atoms with Crippen LogP contribution in [0.2, 0.25) is 0 Å². The van der Waals surface area contributed by atoms with E-state index >= 15 is 0 Å². The lowest BCUT2D eigenvalue weighted by Gasteiger charge is -2.18. The quantitative estimate of drug-likeness (QED) is 0.659. The van der Waals surface area contributed by atoms with Crippen molar-refractivity contribution >= 4 is 17.7 Å². The molecule has 24 heavy (non-hydrogen) atoms. The molecule has 0 saturated carbocycles. The first-order chi connectivity index (χ1) is 11.3. The van der Waals surface area contributed by atoms with Crippen molar-refractivity contribution in [2.45, 2.75) is 26.2 Å². The number of hydrogen-bond donors (Lipinski definition) is 1. The Hall–Kier alpha value is -2.93. The van der Waals surface area contributed by atoms with Crippen molar-refractivity contribution in [2.24, 2.45) is 0 Å². The molecule has 2 aromatic rings. The summed E-state index contributed by atoms with van der Waals surface area (Å²) in [6.45, 7) is 6.33. The highest BCUT2D eigenvalue weighted by molar-refractivity contribution is 6.09. The number of hydrogen-bond acceptors (Lipinski definition) is 2. The van der Waals surface area contributed by atoms with Gasteiger partial charge in [-0.15, -0.1) is 0 Å². The van der Waals surface area contributed by atoms with E-state index in [0.717, 1.165) is 11.1 Å². The zero-order valence-corrected chi connectivity index (χ0v) is 13.9. The summed E-state index contributed by atoms with van der Waals surface area (Å²) in [6.07, 6.45) is 1.49. The van der Waals surface area contributed by atoms with Crippen LogP contribution in [0.3, 0.4) is 0 Å². The predicted molar refractivity (Wildman–Crippen MR) is 93.8 cm³/mol. The van der Waals surface area contributed by atoms with Gasteiger partial charge in [0.15, 0.2) is 0 Å². The zero-order valence-electron chi connectivity index (χ0n) is 13.9. The number of carbonyl (C=O) groups excluding carboxylic acids is 1. The summed E-state index contributed by atoms with van der Waals surface area (Å²) in [7, 11) is 0. The molecule has 0 aliphatic heterocycles. The molecule has 0 heterocycles. The fraction of sp³-hybridized carbons (Fsp3) is 0.200. The van der Waals surface area contributed by atoms with Gasteiger partial charge < -0.3 is 5.32 Å². The van der Waals surface area contributed by atoms with Gasteiger partial charge in [-0.25, -0.2) is 4.39 Å². The van der Waals surface area contributed by atoms with Crippen LogP contribution in [0.1, 0.15) is 31.9 Å². The summed E-state index contributed by atoms with van der Waals surface area (Å²) in [4.78, 5) is 12.2. The molecule has 4 heteroatoms. The molecule has 0 radical (unpaired) electrons. The number of rotatable bonds is 3. The number of nitrogens with zero attached hydrogens (tertiary/aromatic N) is 1. The molecule has 2 rings (SSSR count). The van der Waals surface area contributed by atoms with Gasteiger partial charge in [-0.1, -0.05) is 57.2 Å². The second-order valence-corrected chi connectivity index (χ2v) is 6.48. The van der Waals surface area contributed by atoms with Gasteiger partial charge in [0.05, 0.1) is 5.69 Å². The fourth-order valence-corrected chi connectivity index (χ4v) is 2.15. The van der Waals surface area contributed by atoms with Crippen LogP contribution in [0.5, 0.6) is 0 Å². The van der Waals surface area contributed by atoms with Crippen molar-refractivity contribution in [3.05, 3.63) is 71.0 Å². The predicted octanol–water partition coefficient (Wildman–Crippen LogP) is 4.67. The third-order valence-corrected chi connectivity index (χ3v) is 3.57. The molecule has 0 spiro atoms. The molecule has 1 N–H and O–H groups in total. The number of anilines is 1. The van der Waals surface area contributed by atoms with Crippen LogP contribution in [0.4, 0.5) is 10.1 Å². The minimum Gasteiger partial charge on any atom is -0.319 e. The molecule has 1 amide bonds. The number of amides is 1. The highest BCUT2D eigenvalue weighted by Gasteiger charge is 2.14. The van der Waals surface area contributed by atoms with E-state index in [0.29, 0.717) is 0 Å². The Balaban J connectivity index is 2.21. The van der Waals surface area contributed by atoms with Crippen molar-refractivity contribution in [3.8, 4) is 6.07 Å². The van der Waals surface area contributed by atoms with Gasteiger partial charge in [0.25, 0.3) is 5.91 Å². The van der Waals surface area contributed by atoms with Crippen LogP contribution in [-0.4, -0.2) is 5.91 Å². The normalized spacial score (nSPS) is 11.7. The van der Waals surface area contributed by atoms with E-state index in [4.69, 9.17) is 0 Å². The van der Waals surface area contributed by atoms with E-state index in [1.807, 2.05) is 30.3 Å². The van der Waals surface area contributed by atoms with E-state index in [1.165, 1.54) is 24.3 Å². The second kappa shape index (κ2) is 7.10. The molecule has 0 saturated heterocycles. The first-order valence-corrected chi connectivity index (χ1v) is 7.59. The van der Waals surface area contributed by atoms with Gasteiger partial charge >= 0.3 is 0 Å². The Bertz CT molecular complexity index is 809. The lowest BCUT2D eigenvalue weighted by atomic mass is 9.86. The Labute approximate surface area is 141 Å². The van der Waals surface area contributed by atoms with Crippen molar-refractivity contribution in [1.82, 2.24) is 0 Å². The highest BCUT2D eigenvalue weighted by atomic mass is 19.1. The lowest BCUT2D eigenvalue weighted by Crippen LogP contribution is -2.14. The van der Waals surface area contributed by atoms with Gasteiger partial charge in [-0.05, 0) is 34.8 Å². The molecule has 0 unspecified atom stereocenters. The fourth-order valence-electron chi connectivity index (χ4n) is 2.15. The Morgan fingerprint density at radius 1 is 1.12 bits per heavy atom. The Kier molecular flexibility index (Phi) is 5.15. The van der Waals surface area contributed by atoms with Gasteiger partial charge in [0.2, 0.25) is 0 Å². The number of halogens is 1. The molecule has 0 aliphatic rings. The summed E-state index contributed by atoms with van der Waals surface area (Å²) in [6, 6.07) is 15.3. The monoisotopic (exact) mass is 322 g/mol. The van der Waals surface area contributed by atoms with Gasteiger partial charge in [-0.3, -0.25) is 4.79 Å². The maximum atomic E-state index is 13.6. The van der Waals surface area contributed by atoms with Crippen LogP contribution >= 0.6 is 0 Å². The third kappa shape index (κ3) is 4.30. The molecule has 0 fully saturated rings. The SMILES string of the molecule is CC(C)(C)c1ccc(C=C(C#N)C(=O)Nc2ccccc2F)cc1. The summed E-state index contributed by atoms with van der Waals surface area (Å²) < 4.78 is 13.6. The van der Waals surface area contributed by atoms with E-state index in [-0.39, 0.29) is 16.7 Å². The Morgan fingerprint density at radius 3 is 2.29 bits per heavy atom. The van der Waals surface area contributed by atoms with Crippen molar-refractivity contribution < 1.29 is 9.18 Å². The van der Waals surface area contributed by atoms with Crippen molar-refractivity contribution in [1.29, 1.82) is 5.26 Å². The average Bonchev–Trinajstić information content (AvgIpc) is 2.54. The molecular weight excluding hydrogens is 303 g/mol. The first kappa shape index (κ1) is 17.4. The maximum Gasteiger partial charge on any atom is 0.266 e. The van der Waals surface area contributed by atoms with Gasteiger partial charge in [0.1, 0.15) is 17.5 Å². The Morgan fingerprint density at radius 2 is 1.75 bits per heavy atom. The van der Waals surface area contributed by atoms with Crippen LogP contribution in [-0.2, 0) is 10.2 Å². The van der Waals surface area contributed by atoms with Crippen molar-refractivity contribution in [3.63, 3.8) is 0 Å². The molecule has 0 atom stereocenters. The summed E-state index contributed by atoms with van der Waals surface area (Å²) in [5.41, 5.74) is 1.90. The number of nitriles is 1. The molecule has 122 valence electrons. The number of benzene rings is 2. The third-order valence-electron chi connectivity index (χ3n) is 3.57. The smallest absolute Gasteiger partial charge is 0.266 e. The van der Waals surface area contributed by atoms with E-state index < -0.39 is 11.7 Å². The summed E-state index contributed by atoms with van der Waals surface area (Å²) >= 11 is 0. The van der Waals surface area contributed by atoms with Crippen LogP contribution in [0.25, 0.3) is 6.08 Å². The average molecular weight is 322 g/mol. The molecule has 3 nitrogen and oxygen atoms in total. The molecular formula is C20H19FN2O. The number of para-hydroxylation sites is 1. The van der Waals surface area contributed by atoms with Crippen LogP contribution < -0.4 is 5.32 Å². The molecule has 2 aromatic carbocycles. The van der Waals surface area contributed by atoms with E-state index in [2.05, 4.69) is 26.1 Å². The number of carbonyl (C=O) groups is 1. The number of nitrogens with one attached hydrogen (secondary N) is 1. The minimum atomic E-state index is -0.637. The molecule has 0 aliphatic carbocycles. The summed E-state index contributed by atoms with van der Waals surface area (Å²) in [5.74, 6) is -1.18. The first-order valence-electron chi connectivity index (χ1n) is 7.59. The lowest BCUT2D eigenvalue weighted by molar-refractivity contribution is -0.112. The molecule has 0 aromatic heterocycles. The van der Waals surface area contributed by atoms with Crippen LogP contribution in [0, 0.1) is 17.1 Å². The van der Waals surface area contributed by atoms with E-state index in [1.54, 1.807) is 6.07 Å². The van der Waals surface area contributed by atoms with Gasteiger partial charge in [0, 0.05) is 0 Å².